The van der Waals surface area contributed by atoms with Crippen LogP contribution in [0, 0.1) is 5.82 Å². The van der Waals surface area contributed by atoms with Crippen molar-refractivity contribution in [2.45, 2.75) is 18.9 Å². The van der Waals surface area contributed by atoms with Crippen molar-refractivity contribution in [3.05, 3.63) is 54.0 Å². The monoisotopic (exact) mass is 301 g/mol. The number of nitrogens with zero attached hydrogens (tertiary/aromatic N) is 3. The minimum Gasteiger partial charge on any atom is -0.471 e. The van der Waals surface area contributed by atoms with Crippen molar-refractivity contribution in [2.75, 3.05) is 13.1 Å². The van der Waals surface area contributed by atoms with E-state index in [1.165, 1.54) is 12.1 Å². The summed E-state index contributed by atoms with van der Waals surface area (Å²) in [6, 6.07) is 9.24. The van der Waals surface area contributed by atoms with Crippen LogP contribution >= 0.6 is 0 Å². The zero-order valence-corrected chi connectivity index (χ0v) is 12.0. The van der Waals surface area contributed by atoms with Crippen LogP contribution in [0.5, 0.6) is 5.88 Å². The van der Waals surface area contributed by atoms with Crippen molar-refractivity contribution in [3.8, 4) is 5.88 Å². The van der Waals surface area contributed by atoms with Gasteiger partial charge in [-0.15, -0.1) is 5.10 Å². The highest BCUT2D eigenvalue weighted by atomic mass is 19.1. The van der Waals surface area contributed by atoms with Crippen molar-refractivity contribution >= 4 is 5.91 Å². The quantitative estimate of drug-likeness (QED) is 0.873. The fourth-order valence-corrected chi connectivity index (χ4v) is 2.54. The molecule has 1 aliphatic rings. The second-order valence-electron chi connectivity index (χ2n) is 5.21. The Labute approximate surface area is 127 Å². The Morgan fingerprint density at radius 3 is 3.00 bits per heavy atom. The molecule has 1 amide bonds. The van der Waals surface area contributed by atoms with Gasteiger partial charge in [-0.2, -0.15) is 5.10 Å². The molecule has 2 aromatic rings. The average molecular weight is 301 g/mol. The molecule has 0 bridgehead atoms. The van der Waals surface area contributed by atoms with Gasteiger partial charge in [0.25, 0.3) is 5.91 Å². The van der Waals surface area contributed by atoms with Gasteiger partial charge in [-0.25, -0.2) is 4.39 Å². The molecule has 0 N–H and O–H groups in total. The van der Waals surface area contributed by atoms with E-state index in [2.05, 4.69) is 10.2 Å². The van der Waals surface area contributed by atoms with E-state index >= 15 is 0 Å². The van der Waals surface area contributed by atoms with E-state index in [1.54, 1.807) is 35.4 Å². The Kier molecular flexibility index (Phi) is 4.27. The van der Waals surface area contributed by atoms with E-state index < -0.39 is 5.82 Å². The van der Waals surface area contributed by atoms with Gasteiger partial charge in [0.05, 0.1) is 6.54 Å². The minimum absolute atomic E-state index is 0.122. The number of carbonyl (C=O) groups is 1. The second kappa shape index (κ2) is 6.51. The maximum atomic E-state index is 13.2. The Morgan fingerprint density at radius 1 is 1.32 bits per heavy atom. The largest absolute Gasteiger partial charge is 0.471 e. The molecule has 114 valence electrons. The lowest BCUT2D eigenvalue weighted by atomic mass is 10.1. The number of benzene rings is 1. The maximum Gasteiger partial charge on any atom is 0.254 e. The lowest BCUT2D eigenvalue weighted by Gasteiger charge is -2.32. The Morgan fingerprint density at radius 2 is 2.23 bits per heavy atom. The SMILES string of the molecule is O=C(c1cccc(F)c1)N1CCCC(Oc2cccnn2)C1. The summed E-state index contributed by atoms with van der Waals surface area (Å²) in [6.45, 7) is 1.11. The molecule has 1 atom stereocenters. The minimum atomic E-state index is -0.407. The number of amides is 1. The van der Waals surface area contributed by atoms with E-state index in [0.29, 0.717) is 24.5 Å². The summed E-state index contributed by atoms with van der Waals surface area (Å²) in [5.41, 5.74) is 0.361. The van der Waals surface area contributed by atoms with Crippen LogP contribution in [0.4, 0.5) is 4.39 Å². The van der Waals surface area contributed by atoms with Crippen molar-refractivity contribution in [3.63, 3.8) is 0 Å². The molecule has 0 radical (unpaired) electrons. The summed E-state index contributed by atoms with van der Waals surface area (Å²) in [5.74, 6) is -0.130. The molecular weight excluding hydrogens is 285 g/mol. The van der Waals surface area contributed by atoms with Crippen molar-refractivity contribution in [1.29, 1.82) is 0 Å². The summed E-state index contributed by atoms with van der Waals surface area (Å²) < 4.78 is 19.0. The lowest BCUT2D eigenvalue weighted by Crippen LogP contribution is -2.44. The Bertz CT molecular complexity index is 651. The highest BCUT2D eigenvalue weighted by molar-refractivity contribution is 5.94. The molecule has 1 saturated heterocycles. The van der Waals surface area contributed by atoms with Crippen molar-refractivity contribution in [2.24, 2.45) is 0 Å². The molecule has 0 saturated carbocycles. The molecule has 1 aliphatic heterocycles. The average Bonchev–Trinajstić information content (AvgIpc) is 2.55. The van der Waals surface area contributed by atoms with Gasteiger partial charge in [0.15, 0.2) is 0 Å². The standard InChI is InChI=1S/C16H16FN3O2/c17-13-5-1-4-12(10-13)16(21)20-9-3-6-14(11-20)22-15-7-2-8-18-19-15/h1-2,4-5,7-8,10,14H,3,6,9,11H2. The first-order chi connectivity index (χ1) is 10.7. The number of ether oxygens (including phenoxy) is 1. The van der Waals surface area contributed by atoms with Gasteiger partial charge in [0.2, 0.25) is 5.88 Å². The van der Waals surface area contributed by atoms with Gasteiger partial charge >= 0.3 is 0 Å². The zero-order chi connectivity index (χ0) is 15.4. The molecule has 1 aromatic carbocycles. The summed E-state index contributed by atoms with van der Waals surface area (Å²) in [6.07, 6.45) is 3.14. The van der Waals surface area contributed by atoms with Gasteiger partial charge in [0, 0.05) is 24.4 Å². The lowest BCUT2D eigenvalue weighted by molar-refractivity contribution is 0.0525. The molecule has 0 spiro atoms. The van der Waals surface area contributed by atoms with Gasteiger partial charge in [-0.05, 0) is 37.1 Å². The van der Waals surface area contributed by atoms with Crippen molar-refractivity contribution < 1.29 is 13.9 Å². The number of carbonyl (C=O) groups excluding carboxylic acids is 1. The Balaban J connectivity index is 1.66. The number of piperidine rings is 1. The smallest absolute Gasteiger partial charge is 0.254 e. The number of aromatic nitrogens is 2. The van der Waals surface area contributed by atoms with E-state index in [9.17, 15) is 9.18 Å². The molecule has 5 nitrogen and oxygen atoms in total. The van der Waals surface area contributed by atoms with Crippen LogP contribution in [0.1, 0.15) is 23.2 Å². The third kappa shape index (κ3) is 3.39. The molecule has 1 aromatic heterocycles. The summed E-state index contributed by atoms with van der Waals surface area (Å²) in [5, 5.41) is 7.65. The number of rotatable bonds is 3. The molecular formula is C16H16FN3O2. The van der Waals surface area contributed by atoms with E-state index in [4.69, 9.17) is 4.74 Å². The highest BCUT2D eigenvalue weighted by Gasteiger charge is 2.26. The molecule has 3 rings (SSSR count). The number of hydrogen-bond donors (Lipinski definition) is 0. The van der Waals surface area contributed by atoms with E-state index in [-0.39, 0.29) is 12.0 Å². The summed E-state index contributed by atoms with van der Waals surface area (Å²) in [4.78, 5) is 14.1. The second-order valence-corrected chi connectivity index (χ2v) is 5.21. The molecule has 0 aliphatic carbocycles. The van der Waals surface area contributed by atoms with Gasteiger partial charge in [-0.1, -0.05) is 6.07 Å². The van der Waals surface area contributed by atoms with Crippen LogP contribution in [-0.4, -0.2) is 40.2 Å². The predicted octanol–water partition coefficient (Wildman–Crippen LogP) is 2.30. The topological polar surface area (TPSA) is 55.3 Å². The molecule has 2 heterocycles. The molecule has 1 fully saturated rings. The molecule has 22 heavy (non-hydrogen) atoms. The Hall–Kier alpha value is -2.50. The van der Waals surface area contributed by atoms with Crippen LogP contribution in [0.15, 0.2) is 42.6 Å². The normalized spacial score (nSPS) is 18.0. The third-order valence-corrected chi connectivity index (χ3v) is 3.57. The van der Waals surface area contributed by atoms with Crippen LogP contribution in [0.25, 0.3) is 0 Å². The highest BCUT2D eigenvalue weighted by Crippen LogP contribution is 2.18. The third-order valence-electron chi connectivity index (χ3n) is 3.57. The first kappa shape index (κ1) is 14.4. The number of halogens is 1. The fourth-order valence-electron chi connectivity index (χ4n) is 2.54. The van der Waals surface area contributed by atoms with Crippen LogP contribution in [0.3, 0.4) is 0 Å². The first-order valence-corrected chi connectivity index (χ1v) is 7.21. The maximum absolute atomic E-state index is 13.2. The fraction of sp³-hybridized carbons (Fsp3) is 0.312. The van der Waals surface area contributed by atoms with Crippen LogP contribution in [-0.2, 0) is 0 Å². The first-order valence-electron chi connectivity index (χ1n) is 7.21. The number of hydrogen-bond acceptors (Lipinski definition) is 4. The molecule has 6 heteroatoms. The zero-order valence-electron chi connectivity index (χ0n) is 12.0. The van der Waals surface area contributed by atoms with Crippen LogP contribution in [0.2, 0.25) is 0 Å². The number of likely N-dealkylation sites (tertiary alicyclic amines) is 1. The molecule has 1 unspecified atom stereocenters. The van der Waals surface area contributed by atoms with Gasteiger partial charge in [0.1, 0.15) is 11.9 Å². The van der Waals surface area contributed by atoms with Gasteiger partial charge in [-0.3, -0.25) is 4.79 Å². The van der Waals surface area contributed by atoms with E-state index in [0.717, 1.165) is 12.8 Å². The van der Waals surface area contributed by atoms with Crippen LogP contribution < -0.4 is 4.74 Å². The summed E-state index contributed by atoms with van der Waals surface area (Å²) >= 11 is 0. The van der Waals surface area contributed by atoms with Crippen molar-refractivity contribution in [1.82, 2.24) is 15.1 Å². The summed E-state index contributed by atoms with van der Waals surface area (Å²) in [7, 11) is 0. The predicted molar refractivity (Wildman–Crippen MR) is 78.0 cm³/mol. The van der Waals surface area contributed by atoms with E-state index in [1.807, 2.05) is 0 Å². The van der Waals surface area contributed by atoms with Gasteiger partial charge < -0.3 is 9.64 Å².